The third kappa shape index (κ3) is 3.78. The van der Waals surface area contributed by atoms with E-state index in [1.54, 1.807) is 12.1 Å². The molecule has 3 aromatic carbocycles. The van der Waals surface area contributed by atoms with Crippen molar-refractivity contribution in [3.63, 3.8) is 0 Å². The molecule has 0 saturated heterocycles. The molecule has 0 bridgehead atoms. The minimum absolute atomic E-state index is 0.177. The molecule has 0 saturated carbocycles. The number of pyridine rings is 1. The molecule has 29 heavy (non-hydrogen) atoms. The van der Waals surface area contributed by atoms with Crippen LogP contribution in [-0.2, 0) is 11.2 Å². The number of fused-ring (bicyclic) bond motifs is 1. The second-order valence-electron chi connectivity index (χ2n) is 6.75. The van der Waals surface area contributed by atoms with Crippen LogP contribution in [0.2, 0.25) is 0 Å². The van der Waals surface area contributed by atoms with E-state index in [1.165, 1.54) is 18.9 Å². The number of hydrogen-bond donors (Lipinski definition) is 0. The van der Waals surface area contributed by atoms with Gasteiger partial charge in [0, 0.05) is 22.5 Å². The van der Waals surface area contributed by atoms with Gasteiger partial charge in [-0.05, 0) is 17.5 Å². The van der Waals surface area contributed by atoms with Crippen molar-refractivity contribution in [1.29, 1.82) is 0 Å². The molecule has 0 amide bonds. The zero-order valence-electron chi connectivity index (χ0n) is 16.0. The minimum Gasteiger partial charge on any atom is -0.465 e. The van der Waals surface area contributed by atoms with E-state index in [2.05, 4.69) is 17.1 Å². The van der Waals surface area contributed by atoms with E-state index in [-0.39, 0.29) is 5.78 Å². The summed E-state index contributed by atoms with van der Waals surface area (Å²) in [4.78, 5) is 29.4. The van der Waals surface area contributed by atoms with Crippen LogP contribution >= 0.6 is 0 Å². The van der Waals surface area contributed by atoms with Crippen LogP contribution in [0, 0.1) is 0 Å². The number of ketones is 1. The molecular weight excluding hydrogens is 362 g/mol. The van der Waals surface area contributed by atoms with Crippen LogP contribution < -0.4 is 0 Å². The summed E-state index contributed by atoms with van der Waals surface area (Å²) in [5.74, 6) is -0.651. The first-order valence-electron chi connectivity index (χ1n) is 9.31. The summed E-state index contributed by atoms with van der Waals surface area (Å²) in [5.41, 5.74) is 3.58. The number of esters is 1. The SMILES string of the molecule is COC(=O)c1cnc(C(=O)c2ccc(Cc3ccccc3)cc2)c2ccccc12. The molecule has 4 aromatic rings. The van der Waals surface area contributed by atoms with Gasteiger partial charge in [0.15, 0.2) is 0 Å². The highest BCUT2D eigenvalue weighted by atomic mass is 16.5. The summed E-state index contributed by atoms with van der Waals surface area (Å²) >= 11 is 0. The quantitative estimate of drug-likeness (QED) is 0.367. The Morgan fingerprint density at radius 2 is 1.41 bits per heavy atom. The number of rotatable bonds is 5. The molecule has 0 radical (unpaired) electrons. The van der Waals surface area contributed by atoms with Crippen LogP contribution in [0.3, 0.4) is 0 Å². The molecular formula is C25H19NO3. The van der Waals surface area contributed by atoms with Gasteiger partial charge in [0.05, 0.1) is 12.7 Å². The molecule has 1 aromatic heterocycles. The van der Waals surface area contributed by atoms with E-state index in [1.807, 2.05) is 54.6 Å². The summed E-state index contributed by atoms with van der Waals surface area (Å²) < 4.78 is 4.83. The highest BCUT2D eigenvalue weighted by Crippen LogP contribution is 2.24. The number of hydrogen-bond acceptors (Lipinski definition) is 4. The first-order valence-corrected chi connectivity index (χ1v) is 9.31. The van der Waals surface area contributed by atoms with Gasteiger partial charge in [0.2, 0.25) is 5.78 Å². The Bertz CT molecular complexity index is 1180. The van der Waals surface area contributed by atoms with E-state index >= 15 is 0 Å². The molecule has 0 aliphatic rings. The number of methoxy groups -OCH3 is 1. The Morgan fingerprint density at radius 1 is 0.793 bits per heavy atom. The molecule has 0 unspecified atom stereocenters. The standard InChI is InChI=1S/C25H19NO3/c1-29-25(28)22-16-26-23(21-10-6-5-9-20(21)22)24(27)19-13-11-18(12-14-19)15-17-7-3-2-4-8-17/h2-14,16H,15H2,1H3. The lowest BCUT2D eigenvalue weighted by atomic mass is 9.98. The fraction of sp³-hybridized carbons (Fsp3) is 0.0800. The average molecular weight is 381 g/mol. The largest absolute Gasteiger partial charge is 0.465 e. The van der Waals surface area contributed by atoms with Gasteiger partial charge >= 0.3 is 5.97 Å². The predicted molar refractivity (Wildman–Crippen MR) is 112 cm³/mol. The highest BCUT2D eigenvalue weighted by Gasteiger charge is 2.19. The molecule has 0 aliphatic carbocycles. The fourth-order valence-corrected chi connectivity index (χ4v) is 3.39. The normalized spacial score (nSPS) is 10.7. The molecule has 0 N–H and O–H groups in total. The van der Waals surface area contributed by atoms with Crippen molar-refractivity contribution in [2.75, 3.05) is 7.11 Å². The zero-order valence-corrected chi connectivity index (χ0v) is 16.0. The van der Waals surface area contributed by atoms with Crippen molar-refractivity contribution in [3.8, 4) is 0 Å². The van der Waals surface area contributed by atoms with Crippen LogP contribution in [-0.4, -0.2) is 23.8 Å². The summed E-state index contributed by atoms with van der Waals surface area (Å²) in [6, 6.07) is 25.0. The first-order chi connectivity index (χ1) is 14.2. The van der Waals surface area contributed by atoms with E-state index < -0.39 is 5.97 Å². The molecule has 0 spiro atoms. The number of nitrogens with zero attached hydrogens (tertiary/aromatic N) is 1. The van der Waals surface area contributed by atoms with Crippen LogP contribution in [0.4, 0.5) is 0 Å². The number of ether oxygens (including phenoxy) is 1. The average Bonchev–Trinajstić information content (AvgIpc) is 2.78. The third-order valence-electron chi connectivity index (χ3n) is 4.88. The minimum atomic E-state index is -0.474. The Kier molecular flexibility index (Phi) is 5.16. The maximum absolute atomic E-state index is 13.1. The van der Waals surface area contributed by atoms with Gasteiger partial charge in [0.1, 0.15) is 5.69 Å². The van der Waals surface area contributed by atoms with E-state index in [0.29, 0.717) is 27.6 Å². The second-order valence-corrected chi connectivity index (χ2v) is 6.75. The van der Waals surface area contributed by atoms with Gasteiger partial charge < -0.3 is 4.74 Å². The number of carbonyl (C=O) groups excluding carboxylic acids is 2. The topological polar surface area (TPSA) is 56.3 Å². The Labute approximate surface area is 168 Å². The third-order valence-corrected chi connectivity index (χ3v) is 4.88. The summed E-state index contributed by atoms with van der Waals surface area (Å²) in [5, 5.41) is 1.28. The highest BCUT2D eigenvalue weighted by molar-refractivity contribution is 6.17. The maximum Gasteiger partial charge on any atom is 0.340 e. The first kappa shape index (κ1) is 18.6. The monoisotopic (exact) mass is 381 g/mol. The lowest BCUT2D eigenvalue weighted by molar-refractivity contribution is 0.0602. The van der Waals surface area contributed by atoms with Gasteiger partial charge in [-0.3, -0.25) is 9.78 Å². The smallest absolute Gasteiger partial charge is 0.340 e. The van der Waals surface area contributed by atoms with Gasteiger partial charge in [-0.2, -0.15) is 0 Å². The Morgan fingerprint density at radius 3 is 2.10 bits per heavy atom. The maximum atomic E-state index is 13.1. The fourth-order valence-electron chi connectivity index (χ4n) is 3.39. The van der Waals surface area contributed by atoms with Crippen LogP contribution in [0.15, 0.2) is 85.1 Å². The van der Waals surface area contributed by atoms with Gasteiger partial charge in [-0.15, -0.1) is 0 Å². The number of carbonyl (C=O) groups is 2. The number of aromatic nitrogens is 1. The molecule has 4 rings (SSSR count). The van der Waals surface area contributed by atoms with Crippen molar-refractivity contribution in [1.82, 2.24) is 4.98 Å². The lowest BCUT2D eigenvalue weighted by Crippen LogP contribution is -2.09. The van der Waals surface area contributed by atoms with Crippen molar-refractivity contribution in [2.45, 2.75) is 6.42 Å². The molecule has 0 aliphatic heterocycles. The summed E-state index contributed by atoms with van der Waals surface area (Å²) in [6.07, 6.45) is 2.22. The summed E-state index contributed by atoms with van der Waals surface area (Å²) in [6.45, 7) is 0. The molecule has 4 nitrogen and oxygen atoms in total. The van der Waals surface area contributed by atoms with E-state index in [4.69, 9.17) is 4.74 Å². The van der Waals surface area contributed by atoms with Crippen LogP contribution in [0.25, 0.3) is 10.8 Å². The lowest BCUT2D eigenvalue weighted by Gasteiger charge is -2.09. The van der Waals surface area contributed by atoms with E-state index in [0.717, 1.165) is 12.0 Å². The van der Waals surface area contributed by atoms with Crippen molar-refractivity contribution >= 4 is 22.5 Å². The Hall–Kier alpha value is -3.79. The summed E-state index contributed by atoms with van der Waals surface area (Å²) in [7, 11) is 1.33. The molecule has 4 heteroatoms. The predicted octanol–water partition coefficient (Wildman–Crippen LogP) is 4.84. The van der Waals surface area contributed by atoms with Crippen molar-refractivity contribution in [2.24, 2.45) is 0 Å². The second kappa shape index (κ2) is 8.07. The van der Waals surface area contributed by atoms with Crippen molar-refractivity contribution in [3.05, 3.63) is 113 Å². The number of benzene rings is 3. The zero-order chi connectivity index (χ0) is 20.2. The molecule has 0 fully saturated rings. The van der Waals surface area contributed by atoms with Gasteiger partial charge in [0.25, 0.3) is 0 Å². The van der Waals surface area contributed by atoms with Crippen LogP contribution in [0.5, 0.6) is 0 Å². The molecule has 142 valence electrons. The molecule has 1 heterocycles. The van der Waals surface area contributed by atoms with Gasteiger partial charge in [-0.25, -0.2) is 4.79 Å². The Balaban J connectivity index is 1.66. The molecule has 0 atom stereocenters. The van der Waals surface area contributed by atoms with Crippen molar-refractivity contribution < 1.29 is 14.3 Å². The van der Waals surface area contributed by atoms with Crippen LogP contribution in [0.1, 0.15) is 37.5 Å². The van der Waals surface area contributed by atoms with Gasteiger partial charge in [-0.1, -0.05) is 78.9 Å². The van der Waals surface area contributed by atoms with E-state index in [9.17, 15) is 9.59 Å².